The first kappa shape index (κ1) is 12.2. The third-order valence-corrected chi connectivity index (χ3v) is 5.69. The summed E-state index contributed by atoms with van der Waals surface area (Å²) < 4.78 is 1.08. The molecule has 0 spiro atoms. The van der Waals surface area contributed by atoms with Gasteiger partial charge < -0.3 is 0 Å². The van der Waals surface area contributed by atoms with Crippen LogP contribution in [0.1, 0.15) is 62.4 Å². The van der Waals surface area contributed by atoms with E-state index in [1.165, 1.54) is 37.8 Å². The van der Waals surface area contributed by atoms with Crippen LogP contribution in [0.15, 0.2) is 0 Å². The molecule has 17 heavy (non-hydrogen) atoms. The molecule has 0 aliphatic heterocycles. The molecular weight excluding hydrogens is 347 g/mol. The quantitative estimate of drug-likeness (QED) is 0.571. The molecule has 1 aromatic heterocycles. The van der Waals surface area contributed by atoms with E-state index in [0.29, 0.717) is 17.0 Å². The topological polar surface area (TPSA) is 25.8 Å². The highest BCUT2D eigenvalue weighted by atomic mass is 127. The van der Waals surface area contributed by atoms with Gasteiger partial charge in [0.2, 0.25) is 0 Å². The Morgan fingerprint density at radius 1 is 1.24 bits per heavy atom. The van der Waals surface area contributed by atoms with E-state index in [1.54, 1.807) is 0 Å². The molecule has 2 unspecified atom stereocenters. The smallest absolute Gasteiger partial charge is 0.146 e. The molecule has 2 aliphatic carbocycles. The summed E-state index contributed by atoms with van der Waals surface area (Å²) in [5.74, 6) is 2.91. The number of hydrogen-bond acceptors (Lipinski definition) is 2. The maximum absolute atomic E-state index is 6.26. The molecule has 2 fully saturated rings. The molecular formula is C13H16ClIN2. The minimum absolute atomic E-state index is 0.560. The van der Waals surface area contributed by atoms with E-state index in [4.69, 9.17) is 16.6 Å². The summed E-state index contributed by atoms with van der Waals surface area (Å²) in [6, 6.07) is 0. The number of hydrogen-bond donors (Lipinski definition) is 0. The van der Waals surface area contributed by atoms with Crippen LogP contribution in [0.2, 0.25) is 5.15 Å². The Bertz CT molecular complexity index is 443. The van der Waals surface area contributed by atoms with Crippen molar-refractivity contribution in [1.82, 2.24) is 9.97 Å². The maximum Gasteiger partial charge on any atom is 0.146 e. The van der Waals surface area contributed by atoms with Crippen molar-refractivity contribution in [2.45, 2.75) is 50.9 Å². The van der Waals surface area contributed by atoms with E-state index in [2.05, 4.69) is 34.5 Å². The maximum atomic E-state index is 6.26. The summed E-state index contributed by atoms with van der Waals surface area (Å²) in [5, 5.41) is 0.664. The second-order valence-electron chi connectivity index (χ2n) is 5.37. The molecule has 2 atom stereocenters. The molecule has 2 aliphatic rings. The van der Waals surface area contributed by atoms with Crippen molar-refractivity contribution in [1.29, 1.82) is 0 Å². The van der Waals surface area contributed by atoms with Crippen molar-refractivity contribution >= 4 is 34.2 Å². The van der Waals surface area contributed by atoms with E-state index in [1.807, 2.05) is 0 Å². The van der Waals surface area contributed by atoms with Crippen LogP contribution >= 0.6 is 34.2 Å². The summed E-state index contributed by atoms with van der Waals surface area (Å²) >= 11 is 8.56. The molecule has 92 valence electrons. The van der Waals surface area contributed by atoms with Gasteiger partial charge in [-0.2, -0.15) is 0 Å². The normalized spacial score (nSPS) is 28.6. The first-order valence-electron chi connectivity index (χ1n) is 6.39. The molecule has 0 radical (unpaired) electrons. The van der Waals surface area contributed by atoms with Crippen LogP contribution < -0.4 is 0 Å². The van der Waals surface area contributed by atoms with E-state index in [0.717, 1.165) is 15.3 Å². The largest absolute Gasteiger partial charge is 0.236 e. The summed E-state index contributed by atoms with van der Waals surface area (Å²) in [4.78, 5) is 9.29. The third kappa shape index (κ3) is 2.33. The highest BCUT2D eigenvalue weighted by molar-refractivity contribution is 14.1. The van der Waals surface area contributed by atoms with Gasteiger partial charge in [-0.15, -0.1) is 0 Å². The molecule has 0 bridgehead atoms. The van der Waals surface area contributed by atoms with Gasteiger partial charge >= 0.3 is 0 Å². The average Bonchev–Trinajstić information content (AvgIpc) is 2.81. The van der Waals surface area contributed by atoms with Crippen LogP contribution in [0.3, 0.4) is 0 Å². The second-order valence-corrected chi connectivity index (χ2v) is 6.81. The fourth-order valence-corrected chi connectivity index (χ4v) is 3.64. The van der Waals surface area contributed by atoms with E-state index < -0.39 is 0 Å². The predicted octanol–water partition coefficient (Wildman–Crippen LogP) is 4.52. The molecule has 0 saturated heterocycles. The van der Waals surface area contributed by atoms with Crippen LogP contribution in [0.25, 0.3) is 0 Å². The van der Waals surface area contributed by atoms with Crippen LogP contribution in [0.4, 0.5) is 0 Å². The lowest BCUT2D eigenvalue weighted by Gasteiger charge is -2.13. The third-order valence-electron chi connectivity index (χ3n) is 4.04. The van der Waals surface area contributed by atoms with Crippen LogP contribution in [0.5, 0.6) is 0 Å². The molecule has 0 N–H and O–H groups in total. The first-order valence-corrected chi connectivity index (χ1v) is 7.85. The molecule has 4 heteroatoms. The Morgan fingerprint density at radius 3 is 2.47 bits per heavy atom. The van der Waals surface area contributed by atoms with Gasteiger partial charge in [-0.25, -0.2) is 9.97 Å². The van der Waals surface area contributed by atoms with E-state index in [-0.39, 0.29) is 0 Å². The van der Waals surface area contributed by atoms with Gasteiger partial charge in [0.15, 0.2) is 0 Å². The summed E-state index contributed by atoms with van der Waals surface area (Å²) in [7, 11) is 0. The summed E-state index contributed by atoms with van der Waals surface area (Å²) in [5.41, 5.74) is 1.22. The molecule has 1 aromatic rings. The Morgan fingerprint density at radius 2 is 1.88 bits per heavy atom. The van der Waals surface area contributed by atoms with Crippen molar-refractivity contribution in [2.75, 3.05) is 0 Å². The van der Waals surface area contributed by atoms with Crippen molar-refractivity contribution in [3.05, 3.63) is 20.2 Å². The Kier molecular flexibility index (Phi) is 3.32. The molecule has 0 amide bonds. The molecule has 3 rings (SSSR count). The molecule has 2 saturated carbocycles. The van der Waals surface area contributed by atoms with Crippen LogP contribution in [0, 0.1) is 9.49 Å². The van der Waals surface area contributed by atoms with Crippen molar-refractivity contribution < 1.29 is 0 Å². The van der Waals surface area contributed by atoms with E-state index in [9.17, 15) is 0 Å². The lowest BCUT2D eigenvalue weighted by Crippen LogP contribution is -2.06. The van der Waals surface area contributed by atoms with Gasteiger partial charge in [-0.1, -0.05) is 31.4 Å². The molecule has 1 heterocycles. The monoisotopic (exact) mass is 362 g/mol. The van der Waals surface area contributed by atoms with Crippen LogP contribution in [-0.4, -0.2) is 9.97 Å². The van der Waals surface area contributed by atoms with Gasteiger partial charge in [-0.05, 0) is 47.8 Å². The molecule has 2 nitrogen and oxygen atoms in total. The van der Waals surface area contributed by atoms with Crippen molar-refractivity contribution in [2.24, 2.45) is 5.92 Å². The minimum atomic E-state index is 0.560. The fourth-order valence-electron chi connectivity index (χ4n) is 2.77. The van der Waals surface area contributed by atoms with Crippen LogP contribution in [-0.2, 0) is 0 Å². The fraction of sp³-hybridized carbons (Fsp3) is 0.692. The Labute approximate surface area is 121 Å². The summed E-state index contributed by atoms with van der Waals surface area (Å²) in [6.45, 7) is 2.26. The SMILES string of the molecule is CC1CC1c1nc(Cl)c(I)c(C2CCCC2)n1. The zero-order valence-corrected chi connectivity index (χ0v) is 12.8. The van der Waals surface area contributed by atoms with Crippen molar-refractivity contribution in [3.63, 3.8) is 0 Å². The van der Waals surface area contributed by atoms with Gasteiger partial charge in [-0.3, -0.25) is 0 Å². The number of rotatable bonds is 2. The Hall–Kier alpha value is 0.1000. The zero-order valence-electron chi connectivity index (χ0n) is 9.92. The van der Waals surface area contributed by atoms with Crippen molar-refractivity contribution in [3.8, 4) is 0 Å². The Balaban J connectivity index is 1.97. The lowest BCUT2D eigenvalue weighted by molar-refractivity contribution is 0.674. The predicted molar refractivity (Wildman–Crippen MR) is 77.5 cm³/mol. The van der Waals surface area contributed by atoms with E-state index >= 15 is 0 Å². The average molecular weight is 363 g/mol. The number of aromatic nitrogens is 2. The molecule has 0 aromatic carbocycles. The first-order chi connectivity index (χ1) is 8.16. The number of halogens is 2. The van der Waals surface area contributed by atoms with Gasteiger partial charge in [0.25, 0.3) is 0 Å². The van der Waals surface area contributed by atoms with Gasteiger partial charge in [0.05, 0.1) is 9.26 Å². The standard InChI is InChI=1S/C13H16ClIN2/c1-7-6-9(7)13-16-11(8-4-2-3-5-8)10(15)12(14)17-13/h7-9H,2-6H2,1H3. The number of nitrogens with zero attached hydrogens (tertiary/aromatic N) is 2. The summed E-state index contributed by atoms with van der Waals surface area (Å²) in [6.07, 6.45) is 6.42. The second kappa shape index (κ2) is 4.65. The van der Waals surface area contributed by atoms with Gasteiger partial charge in [0, 0.05) is 11.8 Å². The lowest BCUT2D eigenvalue weighted by atomic mass is 10.0. The highest BCUT2D eigenvalue weighted by Crippen LogP contribution is 2.47. The minimum Gasteiger partial charge on any atom is -0.236 e. The highest BCUT2D eigenvalue weighted by Gasteiger charge is 2.37. The zero-order chi connectivity index (χ0) is 12.0. The van der Waals surface area contributed by atoms with Gasteiger partial charge in [0.1, 0.15) is 11.0 Å².